The van der Waals surface area contributed by atoms with Crippen molar-refractivity contribution in [3.8, 4) is 0 Å². The smallest absolute Gasteiger partial charge is 0.224 e. The first-order valence-electron chi connectivity index (χ1n) is 6.28. The van der Waals surface area contributed by atoms with Crippen LogP contribution in [0.2, 0.25) is 0 Å². The first-order chi connectivity index (χ1) is 8.69. The normalized spacial score (nSPS) is 16.2. The van der Waals surface area contributed by atoms with Gasteiger partial charge in [-0.1, -0.05) is 23.7 Å². The largest absolute Gasteiger partial charge is 0.411 e. The molecule has 1 amide bonds. The van der Waals surface area contributed by atoms with Crippen molar-refractivity contribution in [1.82, 2.24) is 0 Å². The number of carbonyl (C=O) groups is 1. The maximum absolute atomic E-state index is 11.8. The van der Waals surface area contributed by atoms with Crippen molar-refractivity contribution < 1.29 is 10.0 Å². The summed E-state index contributed by atoms with van der Waals surface area (Å²) >= 11 is 0. The summed E-state index contributed by atoms with van der Waals surface area (Å²) < 4.78 is 0. The number of amides is 1. The summed E-state index contributed by atoms with van der Waals surface area (Å²) in [5, 5.41) is 14.8. The van der Waals surface area contributed by atoms with Gasteiger partial charge in [-0.2, -0.15) is 0 Å². The summed E-state index contributed by atoms with van der Waals surface area (Å²) in [6.07, 6.45) is 4.20. The van der Waals surface area contributed by atoms with Gasteiger partial charge in [-0.3, -0.25) is 4.79 Å². The Morgan fingerprint density at radius 1 is 1.50 bits per heavy atom. The minimum Gasteiger partial charge on any atom is -0.411 e. The molecule has 0 aromatic heterocycles. The molecule has 1 fully saturated rings. The van der Waals surface area contributed by atoms with Crippen LogP contribution in [0.25, 0.3) is 0 Å². The third kappa shape index (κ3) is 3.09. The number of benzene rings is 1. The lowest BCUT2D eigenvalue weighted by atomic mass is 9.83. The van der Waals surface area contributed by atoms with E-state index in [0.29, 0.717) is 18.1 Å². The first kappa shape index (κ1) is 12.6. The van der Waals surface area contributed by atoms with Gasteiger partial charge in [-0.25, -0.2) is 0 Å². The molecule has 1 aliphatic carbocycles. The van der Waals surface area contributed by atoms with Crippen molar-refractivity contribution in [2.75, 3.05) is 5.32 Å². The Kier molecular flexibility index (Phi) is 3.97. The Bertz CT molecular complexity index is 465. The average Bonchev–Trinajstić information content (AvgIpc) is 2.33. The van der Waals surface area contributed by atoms with Gasteiger partial charge in [0, 0.05) is 17.7 Å². The number of hydrogen-bond donors (Lipinski definition) is 2. The molecule has 0 radical (unpaired) electrons. The van der Waals surface area contributed by atoms with Crippen molar-refractivity contribution in [3.63, 3.8) is 0 Å². The molecule has 4 heteroatoms. The van der Waals surface area contributed by atoms with E-state index in [4.69, 9.17) is 5.21 Å². The molecule has 0 atom stereocenters. The predicted octanol–water partition coefficient (Wildman–Crippen LogP) is 3.01. The second kappa shape index (κ2) is 5.67. The summed E-state index contributed by atoms with van der Waals surface area (Å²) in [6, 6.07) is 7.33. The standard InChI is InChI=1S/C14H18N2O2/c1-10(16-18)12-6-3-7-13(9-12)15-14(17)8-11-4-2-5-11/h3,6-7,9,11,18H,2,4-5,8H2,1H3,(H,15,17)/b16-10-. The molecule has 1 aromatic rings. The fourth-order valence-corrected chi connectivity index (χ4v) is 2.05. The van der Waals surface area contributed by atoms with Crippen molar-refractivity contribution in [2.45, 2.75) is 32.6 Å². The minimum atomic E-state index is 0.0652. The van der Waals surface area contributed by atoms with Crippen molar-refractivity contribution in [1.29, 1.82) is 0 Å². The molecule has 4 nitrogen and oxygen atoms in total. The number of rotatable bonds is 4. The van der Waals surface area contributed by atoms with Gasteiger partial charge in [0.25, 0.3) is 0 Å². The van der Waals surface area contributed by atoms with Crippen LogP contribution in [-0.4, -0.2) is 16.8 Å². The van der Waals surface area contributed by atoms with Crippen LogP contribution in [0.3, 0.4) is 0 Å². The van der Waals surface area contributed by atoms with E-state index in [2.05, 4.69) is 10.5 Å². The summed E-state index contributed by atoms with van der Waals surface area (Å²) in [6.45, 7) is 1.72. The molecular weight excluding hydrogens is 228 g/mol. The minimum absolute atomic E-state index is 0.0652. The summed E-state index contributed by atoms with van der Waals surface area (Å²) in [5.74, 6) is 0.629. The van der Waals surface area contributed by atoms with Crippen LogP contribution in [0.4, 0.5) is 5.69 Å². The van der Waals surface area contributed by atoms with Crippen LogP contribution in [0.5, 0.6) is 0 Å². The fraction of sp³-hybridized carbons (Fsp3) is 0.429. The quantitative estimate of drug-likeness (QED) is 0.487. The van der Waals surface area contributed by atoms with Crippen LogP contribution in [0.15, 0.2) is 29.4 Å². The molecule has 96 valence electrons. The van der Waals surface area contributed by atoms with E-state index in [0.717, 1.165) is 11.3 Å². The van der Waals surface area contributed by atoms with Gasteiger partial charge in [0.1, 0.15) is 0 Å². The zero-order valence-electron chi connectivity index (χ0n) is 10.5. The van der Waals surface area contributed by atoms with Gasteiger partial charge in [0.15, 0.2) is 0 Å². The Morgan fingerprint density at radius 2 is 2.28 bits per heavy atom. The maximum Gasteiger partial charge on any atom is 0.224 e. The number of nitrogens with zero attached hydrogens (tertiary/aromatic N) is 1. The molecular formula is C14H18N2O2. The number of anilines is 1. The highest BCUT2D eigenvalue weighted by Gasteiger charge is 2.20. The average molecular weight is 246 g/mol. The lowest BCUT2D eigenvalue weighted by Crippen LogP contribution is -2.20. The van der Waals surface area contributed by atoms with Crippen molar-refractivity contribution >= 4 is 17.3 Å². The first-order valence-corrected chi connectivity index (χ1v) is 6.28. The van der Waals surface area contributed by atoms with Gasteiger partial charge in [-0.15, -0.1) is 0 Å². The van der Waals surface area contributed by atoms with Crippen LogP contribution in [0.1, 0.15) is 38.2 Å². The number of carbonyl (C=O) groups excluding carboxylic acids is 1. The molecule has 1 aromatic carbocycles. The fourth-order valence-electron chi connectivity index (χ4n) is 2.05. The Hall–Kier alpha value is -1.84. The van der Waals surface area contributed by atoms with Gasteiger partial charge in [-0.05, 0) is 37.8 Å². The van der Waals surface area contributed by atoms with E-state index in [1.807, 2.05) is 24.3 Å². The van der Waals surface area contributed by atoms with Crippen LogP contribution >= 0.6 is 0 Å². The molecule has 0 spiro atoms. The summed E-state index contributed by atoms with van der Waals surface area (Å²) in [7, 11) is 0. The van der Waals surface area contributed by atoms with E-state index in [1.165, 1.54) is 19.3 Å². The van der Waals surface area contributed by atoms with Crippen LogP contribution < -0.4 is 5.32 Å². The molecule has 1 aliphatic rings. The second-order valence-electron chi connectivity index (χ2n) is 4.82. The third-order valence-electron chi connectivity index (χ3n) is 3.41. The third-order valence-corrected chi connectivity index (χ3v) is 3.41. The second-order valence-corrected chi connectivity index (χ2v) is 4.82. The molecule has 2 rings (SSSR count). The van der Waals surface area contributed by atoms with E-state index < -0.39 is 0 Å². The van der Waals surface area contributed by atoms with E-state index in [1.54, 1.807) is 6.92 Å². The molecule has 0 heterocycles. The van der Waals surface area contributed by atoms with Crippen molar-refractivity contribution in [2.24, 2.45) is 11.1 Å². The van der Waals surface area contributed by atoms with E-state index >= 15 is 0 Å². The topological polar surface area (TPSA) is 61.7 Å². The molecule has 2 N–H and O–H groups in total. The summed E-state index contributed by atoms with van der Waals surface area (Å²) in [4.78, 5) is 11.8. The molecule has 0 saturated heterocycles. The molecule has 1 saturated carbocycles. The van der Waals surface area contributed by atoms with Crippen molar-refractivity contribution in [3.05, 3.63) is 29.8 Å². The Labute approximate surface area is 107 Å². The monoisotopic (exact) mass is 246 g/mol. The summed E-state index contributed by atoms with van der Waals surface area (Å²) in [5.41, 5.74) is 2.09. The SMILES string of the molecule is C/C(=N/O)c1cccc(NC(=O)CC2CCC2)c1. The zero-order chi connectivity index (χ0) is 13.0. The van der Waals surface area contributed by atoms with E-state index in [9.17, 15) is 4.79 Å². The van der Waals surface area contributed by atoms with E-state index in [-0.39, 0.29) is 5.91 Å². The Balaban J connectivity index is 1.97. The van der Waals surface area contributed by atoms with Gasteiger partial charge in [0.2, 0.25) is 5.91 Å². The molecule has 18 heavy (non-hydrogen) atoms. The van der Waals surface area contributed by atoms with Crippen LogP contribution in [-0.2, 0) is 4.79 Å². The highest BCUT2D eigenvalue weighted by molar-refractivity contribution is 6.00. The highest BCUT2D eigenvalue weighted by atomic mass is 16.4. The van der Waals surface area contributed by atoms with Crippen LogP contribution in [0, 0.1) is 5.92 Å². The van der Waals surface area contributed by atoms with Gasteiger partial charge in [0.05, 0.1) is 5.71 Å². The number of hydrogen-bond acceptors (Lipinski definition) is 3. The predicted molar refractivity (Wildman–Crippen MR) is 71.0 cm³/mol. The maximum atomic E-state index is 11.8. The lowest BCUT2D eigenvalue weighted by molar-refractivity contribution is -0.117. The van der Waals surface area contributed by atoms with Gasteiger partial charge >= 0.3 is 0 Å². The van der Waals surface area contributed by atoms with Gasteiger partial charge < -0.3 is 10.5 Å². The Morgan fingerprint density at radius 3 is 2.89 bits per heavy atom. The molecule has 0 aliphatic heterocycles. The molecule has 0 bridgehead atoms. The zero-order valence-corrected chi connectivity index (χ0v) is 10.5. The number of nitrogens with one attached hydrogen (secondary N) is 1. The number of oxime groups is 1. The highest BCUT2D eigenvalue weighted by Crippen LogP contribution is 2.29. The lowest BCUT2D eigenvalue weighted by Gasteiger charge is -2.24. The molecule has 0 unspecified atom stereocenters.